The highest BCUT2D eigenvalue weighted by molar-refractivity contribution is 6.46. The molecule has 0 aliphatic carbocycles. The van der Waals surface area contributed by atoms with Gasteiger partial charge in [-0.25, -0.2) is 0 Å². The van der Waals surface area contributed by atoms with Crippen molar-refractivity contribution in [1.29, 1.82) is 0 Å². The lowest BCUT2D eigenvalue weighted by Gasteiger charge is -2.24. The van der Waals surface area contributed by atoms with E-state index in [9.17, 15) is 14.7 Å². The number of aliphatic hydroxyl groups excluding tert-OH is 1. The zero-order valence-corrected chi connectivity index (χ0v) is 17.1. The molecule has 0 radical (unpaired) electrons. The Morgan fingerprint density at radius 2 is 1.97 bits per heavy atom. The van der Waals surface area contributed by atoms with Crippen molar-refractivity contribution in [2.75, 3.05) is 7.11 Å². The molecule has 0 saturated carbocycles. The Morgan fingerprint density at radius 1 is 1.13 bits per heavy atom. The van der Waals surface area contributed by atoms with Crippen LogP contribution in [0.25, 0.3) is 5.76 Å². The number of aryl methyl sites for hydroxylation is 1. The lowest BCUT2D eigenvalue weighted by atomic mass is 9.97. The van der Waals surface area contributed by atoms with Gasteiger partial charge in [-0.3, -0.25) is 19.6 Å². The van der Waals surface area contributed by atoms with Crippen molar-refractivity contribution in [3.05, 3.63) is 95.1 Å². The van der Waals surface area contributed by atoms with Crippen LogP contribution >= 0.6 is 0 Å². The molecule has 7 heteroatoms. The average Bonchev–Trinajstić information content (AvgIpc) is 3.04. The van der Waals surface area contributed by atoms with Gasteiger partial charge in [0, 0.05) is 30.7 Å². The number of hydrogen-bond acceptors (Lipinski definition) is 6. The maximum atomic E-state index is 13.0. The van der Waals surface area contributed by atoms with Crippen LogP contribution in [0.15, 0.2) is 72.7 Å². The van der Waals surface area contributed by atoms with E-state index in [-0.39, 0.29) is 17.9 Å². The standard InChI is InChI=1S/C24H21N3O4/c1-15-12-17(8-9-19(15)31-2)22(28)20-21(18-7-3-4-11-26-18)27(24(30)23(20)29)14-16-6-5-10-25-13-16/h3-13,21,28H,14H2,1-2H3/b22-20+/t21-/m1/s1. The summed E-state index contributed by atoms with van der Waals surface area (Å²) in [6.07, 6.45) is 4.87. The molecule has 0 bridgehead atoms. The monoisotopic (exact) mass is 415 g/mol. The van der Waals surface area contributed by atoms with Crippen molar-refractivity contribution in [2.45, 2.75) is 19.5 Å². The maximum Gasteiger partial charge on any atom is 0.296 e. The number of ketones is 1. The number of carbonyl (C=O) groups excluding carboxylic acids is 2. The van der Waals surface area contributed by atoms with Crippen LogP contribution in [0.5, 0.6) is 5.75 Å². The normalized spacial score (nSPS) is 17.7. The molecule has 1 aliphatic rings. The summed E-state index contributed by atoms with van der Waals surface area (Å²) >= 11 is 0. The summed E-state index contributed by atoms with van der Waals surface area (Å²) in [4.78, 5) is 35.9. The van der Waals surface area contributed by atoms with E-state index in [4.69, 9.17) is 4.74 Å². The third-order valence-electron chi connectivity index (χ3n) is 5.25. The Balaban J connectivity index is 1.85. The van der Waals surface area contributed by atoms with Crippen LogP contribution in [-0.2, 0) is 16.1 Å². The molecule has 31 heavy (non-hydrogen) atoms. The Labute approximate surface area is 179 Å². The Kier molecular flexibility index (Phi) is 5.49. The van der Waals surface area contributed by atoms with Crippen LogP contribution in [0.1, 0.15) is 28.4 Å². The second kappa shape index (κ2) is 8.39. The van der Waals surface area contributed by atoms with Gasteiger partial charge >= 0.3 is 0 Å². The van der Waals surface area contributed by atoms with Crippen molar-refractivity contribution in [2.24, 2.45) is 0 Å². The van der Waals surface area contributed by atoms with Gasteiger partial charge in [0.15, 0.2) is 0 Å². The molecule has 1 atom stereocenters. The number of hydrogen-bond donors (Lipinski definition) is 1. The van der Waals surface area contributed by atoms with Gasteiger partial charge in [0.05, 0.1) is 18.4 Å². The van der Waals surface area contributed by atoms with Crippen molar-refractivity contribution in [1.82, 2.24) is 14.9 Å². The molecule has 1 aromatic carbocycles. The second-order valence-corrected chi connectivity index (χ2v) is 7.23. The van der Waals surface area contributed by atoms with E-state index < -0.39 is 17.7 Å². The molecule has 3 heterocycles. The first kappa shape index (κ1) is 20.3. The van der Waals surface area contributed by atoms with Crippen molar-refractivity contribution >= 4 is 17.4 Å². The summed E-state index contributed by atoms with van der Waals surface area (Å²) in [6, 6.07) is 13.1. The van der Waals surface area contributed by atoms with E-state index >= 15 is 0 Å². The van der Waals surface area contributed by atoms with Crippen molar-refractivity contribution < 1.29 is 19.4 Å². The number of Topliss-reactive ketones (excluding diaryl/α,β-unsaturated/α-hetero) is 1. The SMILES string of the molecule is COc1ccc(/C(O)=C2\C(=O)C(=O)N(Cc3cccnc3)[C@@H]2c2ccccn2)cc1C. The molecule has 1 N–H and O–H groups in total. The topological polar surface area (TPSA) is 92.6 Å². The quantitative estimate of drug-likeness (QED) is 0.390. The molecule has 0 unspecified atom stereocenters. The predicted molar refractivity (Wildman–Crippen MR) is 114 cm³/mol. The molecule has 1 fully saturated rings. The number of pyridine rings is 2. The fraction of sp³-hybridized carbons (Fsp3) is 0.167. The summed E-state index contributed by atoms with van der Waals surface area (Å²) in [5, 5.41) is 11.1. The molecule has 1 saturated heterocycles. The first-order chi connectivity index (χ1) is 15.0. The smallest absolute Gasteiger partial charge is 0.296 e. The van der Waals surface area contributed by atoms with Crippen molar-refractivity contribution in [3.8, 4) is 5.75 Å². The summed E-state index contributed by atoms with van der Waals surface area (Å²) < 4.78 is 5.27. The van der Waals surface area contributed by atoms with Gasteiger partial charge in [0.2, 0.25) is 0 Å². The number of nitrogens with zero attached hydrogens (tertiary/aromatic N) is 3. The van der Waals surface area contributed by atoms with E-state index in [1.165, 1.54) is 4.90 Å². The predicted octanol–water partition coefficient (Wildman–Crippen LogP) is 3.42. The van der Waals surface area contributed by atoms with Gasteiger partial charge in [0.25, 0.3) is 11.7 Å². The van der Waals surface area contributed by atoms with Crippen LogP contribution in [0.3, 0.4) is 0 Å². The summed E-state index contributed by atoms with van der Waals surface area (Å²) in [6.45, 7) is 2.00. The third kappa shape index (κ3) is 3.77. The number of methoxy groups -OCH3 is 1. The van der Waals surface area contributed by atoms with Crippen molar-refractivity contribution in [3.63, 3.8) is 0 Å². The number of amides is 1. The van der Waals surface area contributed by atoms with E-state index in [0.717, 1.165) is 11.1 Å². The minimum absolute atomic E-state index is 0.0113. The molecule has 7 nitrogen and oxygen atoms in total. The number of benzene rings is 1. The fourth-order valence-corrected chi connectivity index (χ4v) is 3.76. The first-order valence-corrected chi connectivity index (χ1v) is 9.74. The lowest BCUT2D eigenvalue weighted by Crippen LogP contribution is -2.29. The lowest BCUT2D eigenvalue weighted by molar-refractivity contribution is -0.140. The molecular weight excluding hydrogens is 394 g/mol. The Bertz CT molecular complexity index is 1160. The highest BCUT2D eigenvalue weighted by atomic mass is 16.5. The van der Waals surface area contributed by atoms with Gasteiger partial charge in [0.1, 0.15) is 17.6 Å². The molecule has 1 amide bonds. The van der Waals surface area contributed by atoms with E-state index in [0.29, 0.717) is 17.0 Å². The van der Waals surface area contributed by atoms with Crippen LogP contribution in [-0.4, -0.2) is 38.8 Å². The average molecular weight is 415 g/mol. The molecule has 156 valence electrons. The van der Waals surface area contributed by atoms with Crippen LogP contribution < -0.4 is 4.74 Å². The molecule has 2 aromatic heterocycles. The maximum absolute atomic E-state index is 13.0. The number of rotatable bonds is 5. The number of aromatic nitrogens is 2. The number of aliphatic hydroxyl groups is 1. The largest absolute Gasteiger partial charge is 0.507 e. The van der Waals surface area contributed by atoms with Crippen LogP contribution in [0, 0.1) is 6.92 Å². The van der Waals surface area contributed by atoms with E-state index in [1.807, 2.05) is 13.0 Å². The summed E-state index contributed by atoms with van der Waals surface area (Å²) in [5.74, 6) is -1.01. The molecule has 0 spiro atoms. The van der Waals surface area contributed by atoms with E-state index in [1.54, 1.807) is 68.2 Å². The molecule has 4 rings (SSSR count). The fourth-order valence-electron chi connectivity index (χ4n) is 3.76. The third-order valence-corrected chi connectivity index (χ3v) is 5.25. The number of likely N-dealkylation sites (tertiary alicyclic amines) is 1. The van der Waals surface area contributed by atoms with Gasteiger partial charge in [-0.05, 0) is 54.4 Å². The molecular formula is C24H21N3O4. The molecule has 1 aliphatic heterocycles. The van der Waals surface area contributed by atoms with Gasteiger partial charge in [-0.15, -0.1) is 0 Å². The van der Waals surface area contributed by atoms with Gasteiger partial charge in [-0.1, -0.05) is 12.1 Å². The van der Waals surface area contributed by atoms with Gasteiger partial charge < -0.3 is 14.7 Å². The highest BCUT2D eigenvalue weighted by Gasteiger charge is 2.46. The summed E-state index contributed by atoms with van der Waals surface area (Å²) in [7, 11) is 1.56. The van der Waals surface area contributed by atoms with Crippen LogP contribution in [0.2, 0.25) is 0 Å². The van der Waals surface area contributed by atoms with Gasteiger partial charge in [-0.2, -0.15) is 0 Å². The van der Waals surface area contributed by atoms with E-state index in [2.05, 4.69) is 9.97 Å². The minimum atomic E-state index is -0.816. The Hall–Kier alpha value is -4.00. The van der Waals surface area contributed by atoms with Crippen LogP contribution in [0.4, 0.5) is 0 Å². The summed E-state index contributed by atoms with van der Waals surface area (Å²) in [5.41, 5.74) is 2.50. The number of ether oxygens (including phenoxy) is 1. The highest BCUT2D eigenvalue weighted by Crippen LogP contribution is 2.39. The number of carbonyl (C=O) groups is 2. The first-order valence-electron chi connectivity index (χ1n) is 9.74. The molecule has 3 aromatic rings. The zero-order chi connectivity index (χ0) is 22.0. The Morgan fingerprint density at radius 3 is 2.61 bits per heavy atom. The zero-order valence-electron chi connectivity index (χ0n) is 17.1. The second-order valence-electron chi connectivity index (χ2n) is 7.23. The minimum Gasteiger partial charge on any atom is -0.507 e.